The lowest BCUT2D eigenvalue weighted by atomic mass is 10.1. The SMILES string of the molecule is COc1cc(CCNC(=O)[C@@H](O)c2ccc(Br)cc2)ccc1O. The molecule has 0 saturated heterocycles. The molecule has 2 aromatic rings. The second-order valence-electron chi connectivity index (χ2n) is 5.00. The van der Waals surface area contributed by atoms with Crippen molar-refractivity contribution in [2.45, 2.75) is 12.5 Å². The van der Waals surface area contributed by atoms with Gasteiger partial charge in [-0.2, -0.15) is 0 Å². The first kappa shape index (κ1) is 17.3. The van der Waals surface area contributed by atoms with Gasteiger partial charge in [-0.3, -0.25) is 4.79 Å². The van der Waals surface area contributed by atoms with Crippen molar-refractivity contribution in [3.63, 3.8) is 0 Å². The number of carbonyl (C=O) groups is 1. The highest BCUT2D eigenvalue weighted by molar-refractivity contribution is 9.10. The third-order valence-electron chi connectivity index (χ3n) is 3.39. The molecule has 0 spiro atoms. The largest absolute Gasteiger partial charge is 0.504 e. The molecule has 0 bridgehead atoms. The summed E-state index contributed by atoms with van der Waals surface area (Å²) >= 11 is 3.31. The van der Waals surface area contributed by atoms with Gasteiger partial charge in [0.05, 0.1) is 7.11 Å². The minimum Gasteiger partial charge on any atom is -0.504 e. The molecule has 0 radical (unpaired) electrons. The molecule has 1 atom stereocenters. The summed E-state index contributed by atoms with van der Waals surface area (Å²) in [5, 5.41) is 22.2. The van der Waals surface area contributed by atoms with Crippen LogP contribution in [0, 0.1) is 0 Å². The van der Waals surface area contributed by atoms with Crippen LogP contribution >= 0.6 is 15.9 Å². The Morgan fingerprint density at radius 2 is 1.96 bits per heavy atom. The number of phenolic OH excluding ortho intramolecular Hbond substituents is 1. The van der Waals surface area contributed by atoms with Crippen molar-refractivity contribution in [2.75, 3.05) is 13.7 Å². The van der Waals surface area contributed by atoms with Gasteiger partial charge in [-0.25, -0.2) is 0 Å². The molecular formula is C17H18BrNO4. The van der Waals surface area contributed by atoms with Gasteiger partial charge < -0.3 is 20.3 Å². The predicted octanol–water partition coefficient (Wildman–Crippen LogP) is 2.56. The zero-order valence-corrected chi connectivity index (χ0v) is 14.2. The van der Waals surface area contributed by atoms with Crippen LogP contribution in [0.3, 0.4) is 0 Å². The normalized spacial score (nSPS) is 11.8. The molecule has 0 fully saturated rings. The molecule has 0 aliphatic rings. The number of carbonyl (C=O) groups excluding carboxylic acids is 1. The first-order chi connectivity index (χ1) is 11.0. The van der Waals surface area contributed by atoms with E-state index in [-0.39, 0.29) is 5.75 Å². The van der Waals surface area contributed by atoms with Gasteiger partial charge in [0.25, 0.3) is 5.91 Å². The number of nitrogens with one attached hydrogen (secondary N) is 1. The van der Waals surface area contributed by atoms with Gasteiger partial charge in [-0.15, -0.1) is 0 Å². The fourth-order valence-electron chi connectivity index (χ4n) is 2.10. The maximum absolute atomic E-state index is 12.0. The average Bonchev–Trinajstić information content (AvgIpc) is 2.56. The van der Waals surface area contributed by atoms with Gasteiger partial charge in [-0.05, 0) is 41.8 Å². The monoisotopic (exact) mass is 379 g/mol. The molecule has 0 aliphatic heterocycles. The number of methoxy groups -OCH3 is 1. The van der Waals surface area contributed by atoms with E-state index in [9.17, 15) is 15.0 Å². The molecule has 3 N–H and O–H groups in total. The minimum absolute atomic E-state index is 0.0750. The van der Waals surface area contributed by atoms with Gasteiger partial charge in [-0.1, -0.05) is 34.1 Å². The lowest BCUT2D eigenvalue weighted by Gasteiger charge is -2.12. The second-order valence-corrected chi connectivity index (χ2v) is 5.92. The van der Waals surface area contributed by atoms with E-state index in [1.54, 1.807) is 42.5 Å². The standard InChI is InChI=1S/C17H18BrNO4/c1-23-15-10-11(2-7-14(15)20)8-9-19-17(22)16(21)12-3-5-13(18)6-4-12/h2-7,10,16,20-21H,8-9H2,1H3,(H,19,22)/t16-/m0/s1. The fraction of sp³-hybridized carbons (Fsp3) is 0.235. The van der Waals surface area contributed by atoms with Gasteiger partial charge in [0.1, 0.15) is 0 Å². The molecular weight excluding hydrogens is 362 g/mol. The van der Waals surface area contributed by atoms with Crippen LogP contribution in [-0.2, 0) is 11.2 Å². The quantitative estimate of drug-likeness (QED) is 0.720. The van der Waals surface area contributed by atoms with E-state index >= 15 is 0 Å². The number of amides is 1. The number of halogens is 1. The summed E-state index contributed by atoms with van der Waals surface area (Å²) in [6.45, 7) is 0.375. The summed E-state index contributed by atoms with van der Waals surface area (Å²) < 4.78 is 5.92. The summed E-state index contributed by atoms with van der Waals surface area (Å²) in [5.41, 5.74) is 1.45. The van der Waals surface area contributed by atoms with Gasteiger partial charge in [0.2, 0.25) is 0 Å². The lowest BCUT2D eigenvalue weighted by Crippen LogP contribution is -2.30. The third kappa shape index (κ3) is 4.71. The van der Waals surface area contributed by atoms with Crippen LogP contribution in [-0.4, -0.2) is 29.8 Å². The average molecular weight is 380 g/mol. The van der Waals surface area contributed by atoms with E-state index in [1.165, 1.54) is 7.11 Å². The maximum atomic E-state index is 12.0. The molecule has 0 aromatic heterocycles. The Kier molecular flexibility index (Phi) is 6.01. The molecule has 2 aromatic carbocycles. The van der Waals surface area contributed by atoms with E-state index < -0.39 is 12.0 Å². The highest BCUT2D eigenvalue weighted by atomic mass is 79.9. The first-order valence-electron chi connectivity index (χ1n) is 7.08. The zero-order chi connectivity index (χ0) is 16.8. The Bertz CT molecular complexity index is 673. The molecule has 0 aliphatic carbocycles. The number of aromatic hydroxyl groups is 1. The molecule has 2 rings (SSSR count). The summed E-state index contributed by atoms with van der Waals surface area (Å²) in [7, 11) is 1.48. The molecule has 5 nitrogen and oxygen atoms in total. The highest BCUT2D eigenvalue weighted by Gasteiger charge is 2.16. The smallest absolute Gasteiger partial charge is 0.253 e. The third-order valence-corrected chi connectivity index (χ3v) is 3.92. The Balaban J connectivity index is 1.88. The van der Waals surface area contributed by atoms with Crippen molar-refractivity contribution in [2.24, 2.45) is 0 Å². The summed E-state index contributed by atoms with van der Waals surface area (Å²) in [5.74, 6) is 0.0211. The molecule has 0 unspecified atom stereocenters. The van der Waals surface area contributed by atoms with E-state index in [0.717, 1.165) is 10.0 Å². The number of hydrogen-bond acceptors (Lipinski definition) is 4. The first-order valence-corrected chi connectivity index (χ1v) is 7.87. The Hall–Kier alpha value is -2.05. The van der Waals surface area contributed by atoms with Crippen LogP contribution < -0.4 is 10.1 Å². The van der Waals surface area contributed by atoms with Crippen LogP contribution in [0.25, 0.3) is 0 Å². The van der Waals surface area contributed by atoms with Gasteiger partial charge in [0.15, 0.2) is 17.6 Å². The molecule has 0 heterocycles. The van der Waals surface area contributed by atoms with Crippen molar-refractivity contribution in [1.29, 1.82) is 0 Å². The molecule has 1 amide bonds. The van der Waals surface area contributed by atoms with Gasteiger partial charge >= 0.3 is 0 Å². The van der Waals surface area contributed by atoms with Crippen molar-refractivity contribution in [3.05, 3.63) is 58.1 Å². The highest BCUT2D eigenvalue weighted by Crippen LogP contribution is 2.26. The van der Waals surface area contributed by atoms with Gasteiger partial charge in [0, 0.05) is 11.0 Å². The van der Waals surface area contributed by atoms with Crippen LogP contribution in [0.1, 0.15) is 17.2 Å². The molecule has 0 saturated carbocycles. The molecule has 23 heavy (non-hydrogen) atoms. The molecule has 122 valence electrons. The van der Waals surface area contributed by atoms with E-state index in [4.69, 9.17) is 4.74 Å². The number of benzene rings is 2. The van der Waals surface area contributed by atoms with Crippen LogP contribution in [0.4, 0.5) is 0 Å². The van der Waals surface area contributed by atoms with Crippen molar-refractivity contribution in [3.8, 4) is 11.5 Å². The van der Waals surface area contributed by atoms with E-state index in [0.29, 0.717) is 24.3 Å². The van der Waals surface area contributed by atoms with Crippen LogP contribution in [0.5, 0.6) is 11.5 Å². The van der Waals surface area contributed by atoms with Crippen molar-refractivity contribution < 1.29 is 19.7 Å². The van der Waals surface area contributed by atoms with E-state index in [2.05, 4.69) is 21.2 Å². The number of aliphatic hydroxyl groups is 1. The summed E-state index contributed by atoms with van der Waals surface area (Å²) in [6, 6.07) is 12.0. The lowest BCUT2D eigenvalue weighted by molar-refractivity contribution is -0.129. The van der Waals surface area contributed by atoms with Crippen molar-refractivity contribution >= 4 is 21.8 Å². The zero-order valence-electron chi connectivity index (χ0n) is 12.6. The number of phenols is 1. The number of hydrogen-bond donors (Lipinski definition) is 3. The van der Waals surface area contributed by atoms with Crippen LogP contribution in [0.2, 0.25) is 0 Å². The summed E-state index contributed by atoms with van der Waals surface area (Å²) in [6.07, 6.45) is -0.632. The predicted molar refractivity (Wildman–Crippen MR) is 90.5 cm³/mol. The number of rotatable bonds is 6. The minimum atomic E-state index is -1.20. The molecule has 6 heteroatoms. The Morgan fingerprint density at radius 3 is 2.61 bits per heavy atom. The fourth-order valence-corrected chi connectivity index (χ4v) is 2.37. The Labute approximate surface area is 143 Å². The topological polar surface area (TPSA) is 78.8 Å². The Morgan fingerprint density at radius 1 is 1.26 bits per heavy atom. The van der Waals surface area contributed by atoms with Crippen LogP contribution in [0.15, 0.2) is 46.9 Å². The van der Waals surface area contributed by atoms with E-state index in [1.807, 2.05) is 0 Å². The number of ether oxygens (including phenoxy) is 1. The number of aliphatic hydroxyl groups excluding tert-OH is 1. The maximum Gasteiger partial charge on any atom is 0.253 e. The summed E-state index contributed by atoms with van der Waals surface area (Å²) in [4.78, 5) is 12.0. The second kappa shape index (κ2) is 7.99. The van der Waals surface area contributed by atoms with Crippen molar-refractivity contribution in [1.82, 2.24) is 5.32 Å².